The van der Waals surface area contributed by atoms with Crippen LogP contribution in [-0.4, -0.2) is 59.9 Å². The number of rotatable bonds is 18. The van der Waals surface area contributed by atoms with Crippen LogP contribution in [-0.2, 0) is 13.1 Å². The molecule has 0 aliphatic rings. The lowest BCUT2D eigenvalue weighted by Gasteiger charge is -2.06. The van der Waals surface area contributed by atoms with Crippen molar-refractivity contribution in [3.8, 4) is 22.8 Å². The summed E-state index contributed by atoms with van der Waals surface area (Å²) in [5, 5.41) is 23.2. The van der Waals surface area contributed by atoms with E-state index in [0.29, 0.717) is 60.1 Å². The minimum Gasteiger partial charge on any atom is -0.352 e. The summed E-state index contributed by atoms with van der Waals surface area (Å²) in [6.45, 7) is 9.76. The van der Waals surface area contributed by atoms with Crippen molar-refractivity contribution < 1.29 is 9.59 Å². The van der Waals surface area contributed by atoms with Crippen molar-refractivity contribution in [1.82, 2.24) is 45.6 Å². The highest BCUT2D eigenvalue weighted by molar-refractivity contribution is 5.94. The number of carbonyl (C=O) groups is 2. The number of hydrogen-bond donors (Lipinski definition) is 2. The fourth-order valence-corrected chi connectivity index (χ4v) is 5.04. The zero-order chi connectivity index (χ0) is 33.6. The van der Waals surface area contributed by atoms with Crippen molar-refractivity contribution in [2.45, 2.75) is 51.6 Å². The Balaban J connectivity index is 1.14. The van der Waals surface area contributed by atoms with E-state index in [2.05, 4.69) is 44.4 Å². The molecule has 0 saturated heterocycles. The Morgan fingerprint density at radius 3 is 1.46 bits per heavy atom. The van der Waals surface area contributed by atoms with E-state index < -0.39 is 0 Å². The smallest absolute Gasteiger partial charge is 0.251 e. The monoisotopic (exact) mass is 643 g/mol. The van der Waals surface area contributed by atoms with Gasteiger partial charge in [-0.25, -0.2) is 14.3 Å². The molecule has 2 aromatic carbocycles. The minimum atomic E-state index is -0.0738. The Bertz CT molecular complexity index is 1680. The van der Waals surface area contributed by atoms with Crippen molar-refractivity contribution in [3.63, 3.8) is 0 Å². The number of benzene rings is 2. The molecule has 0 spiro atoms. The Morgan fingerprint density at radius 2 is 1.04 bits per heavy atom. The molecule has 0 radical (unpaired) electrons. The fourth-order valence-electron chi connectivity index (χ4n) is 5.04. The molecule has 3 aromatic heterocycles. The Morgan fingerprint density at radius 1 is 0.604 bits per heavy atom. The standard InChI is InChI=1S/C37H41N9O2/c1-3-5-7-9-22-38-36(47)30-18-14-28(15-19-30)24-45-26-34(41-43-45)32-12-11-13-33(40-32)35-27-46(44-42-35)25-29-16-20-31(21-17-29)37(48)39-23-10-8-6-4-2/h3-4,11-21,26-27H,1-2,5-10,22-25H2,(H,38,47)(H,39,48). The first kappa shape index (κ1) is 33.6. The van der Waals surface area contributed by atoms with Gasteiger partial charge in [0.15, 0.2) is 0 Å². The molecule has 0 bridgehead atoms. The molecule has 0 fully saturated rings. The van der Waals surface area contributed by atoms with E-state index in [0.717, 1.165) is 49.7 Å². The van der Waals surface area contributed by atoms with E-state index in [9.17, 15) is 9.59 Å². The van der Waals surface area contributed by atoms with Crippen molar-refractivity contribution in [3.05, 3.63) is 127 Å². The summed E-state index contributed by atoms with van der Waals surface area (Å²) in [4.78, 5) is 29.6. The second-order valence-corrected chi connectivity index (χ2v) is 11.5. The third-order valence-electron chi connectivity index (χ3n) is 7.71. The average Bonchev–Trinajstić information content (AvgIpc) is 3.79. The summed E-state index contributed by atoms with van der Waals surface area (Å²) < 4.78 is 3.49. The number of allylic oxidation sites excluding steroid dienone is 2. The number of carbonyl (C=O) groups excluding carboxylic acids is 2. The van der Waals surface area contributed by atoms with Gasteiger partial charge in [0, 0.05) is 24.2 Å². The maximum atomic E-state index is 12.4. The van der Waals surface area contributed by atoms with Gasteiger partial charge in [-0.2, -0.15) is 0 Å². The highest BCUT2D eigenvalue weighted by Crippen LogP contribution is 2.20. The summed E-state index contributed by atoms with van der Waals surface area (Å²) in [6, 6.07) is 20.7. The SMILES string of the molecule is C=CCCCCNC(=O)c1ccc(Cn2cc(-c3cccc(-c4cn(Cc5ccc(C(=O)NCCCCC=C)cc5)nn4)n3)nn2)cc1. The molecule has 48 heavy (non-hydrogen) atoms. The first-order valence-electron chi connectivity index (χ1n) is 16.3. The maximum absolute atomic E-state index is 12.4. The molecule has 0 aliphatic heterocycles. The van der Waals surface area contributed by atoms with Gasteiger partial charge in [-0.05, 0) is 86.1 Å². The van der Waals surface area contributed by atoms with Crippen LogP contribution in [0.1, 0.15) is 70.4 Å². The molecule has 5 rings (SSSR count). The van der Waals surface area contributed by atoms with Crippen molar-refractivity contribution in [2.24, 2.45) is 0 Å². The van der Waals surface area contributed by atoms with Crippen LogP contribution in [0.4, 0.5) is 0 Å². The van der Waals surface area contributed by atoms with E-state index in [1.807, 2.05) is 91.3 Å². The second kappa shape index (κ2) is 17.3. The van der Waals surface area contributed by atoms with Gasteiger partial charge in [0.25, 0.3) is 11.8 Å². The lowest BCUT2D eigenvalue weighted by atomic mass is 10.1. The summed E-state index contributed by atoms with van der Waals surface area (Å²) in [6.07, 6.45) is 13.3. The van der Waals surface area contributed by atoms with Crippen LogP contribution < -0.4 is 10.6 Å². The van der Waals surface area contributed by atoms with Gasteiger partial charge in [-0.1, -0.05) is 52.9 Å². The number of unbranched alkanes of at least 4 members (excludes halogenated alkanes) is 4. The zero-order valence-electron chi connectivity index (χ0n) is 27.1. The van der Waals surface area contributed by atoms with Crippen molar-refractivity contribution in [2.75, 3.05) is 13.1 Å². The number of amides is 2. The molecular formula is C37H41N9O2. The number of nitrogens with zero attached hydrogens (tertiary/aromatic N) is 7. The third-order valence-corrected chi connectivity index (χ3v) is 7.71. The van der Waals surface area contributed by atoms with Crippen LogP contribution in [0.2, 0.25) is 0 Å². The molecule has 3 heterocycles. The molecule has 0 atom stereocenters. The Hall–Kier alpha value is -5.71. The van der Waals surface area contributed by atoms with Crippen LogP contribution in [0.25, 0.3) is 22.8 Å². The molecule has 246 valence electrons. The third kappa shape index (κ3) is 9.65. The van der Waals surface area contributed by atoms with Gasteiger partial charge in [0.05, 0.1) is 36.9 Å². The van der Waals surface area contributed by atoms with Crippen LogP contribution >= 0.6 is 0 Å². The predicted molar refractivity (Wildman–Crippen MR) is 186 cm³/mol. The quantitative estimate of drug-likeness (QED) is 0.0902. The normalized spacial score (nSPS) is 10.8. The topological polar surface area (TPSA) is 133 Å². The number of nitrogens with one attached hydrogen (secondary N) is 2. The Labute approximate surface area is 280 Å². The van der Waals surface area contributed by atoms with Crippen molar-refractivity contribution in [1.29, 1.82) is 0 Å². The molecular weight excluding hydrogens is 602 g/mol. The van der Waals surface area contributed by atoms with E-state index in [-0.39, 0.29) is 11.8 Å². The maximum Gasteiger partial charge on any atom is 0.251 e. The molecule has 2 N–H and O–H groups in total. The van der Waals surface area contributed by atoms with E-state index in [4.69, 9.17) is 4.98 Å². The lowest BCUT2D eigenvalue weighted by molar-refractivity contribution is 0.0945. The van der Waals surface area contributed by atoms with Gasteiger partial charge in [-0.3, -0.25) is 9.59 Å². The Kier molecular flexibility index (Phi) is 12.1. The second-order valence-electron chi connectivity index (χ2n) is 11.5. The minimum absolute atomic E-state index is 0.0738. The molecule has 0 aliphatic carbocycles. The predicted octanol–water partition coefficient (Wildman–Crippen LogP) is 5.87. The molecule has 0 saturated carbocycles. The van der Waals surface area contributed by atoms with Gasteiger partial charge >= 0.3 is 0 Å². The van der Waals surface area contributed by atoms with Gasteiger partial charge in [0.1, 0.15) is 11.4 Å². The molecule has 0 unspecified atom stereocenters. The van der Waals surface area contributed by atoms with Gasteiger partial charge < -0.3 is 10.6 Å². The highest BCUT2D eigenvalue weighted by Gasteiger charge is 2.12. The van der Waals surface area contributed by atoms with Crippen molar-refractivity contribution >= 4 is 11.8 Å². The largest absolute Gasteiger partial charge is 0.352 e. The molecule has 5 aromatic rings. The lowest BCUT2D eigenvalue weighted by Crippen LogP contribution is -2.24. The van der Waals surface area contributed by atoms with Gasteiger partial charge in [-0.15, -0.1) is 23.4 Å². The number of aromatic nitrogens is 7. The fraction of sp³-hybridized carbons (Fsp3) is 0.270. The number of hydrogen-bond acceptors (Lipinski definition) is 7. The van der Waals surface area contributed by atoms with E-state index in [1.54, 1.807) is 9.36 Å². The highest BCUT2D eigenvalue weighted by atomic mass is 16.2. The average molecular weight is 644 g/mol. The first-order valence-corrected chi connectivity index (χ1v) is 16.3. The summed E-state index contributed by atoms with van der Waals surface area (Å²) in [7, 11) is 0. The van der Waals surface area contributed by atoms with E-state index >= 15 is 0 Å². The van der Waals surface area contributed by atoms with Crippen LogP contribution in [0.3, 0.4) is 0 Å². The zero-order valence-corrected chi connectivity index (χ0v) is 27.1. The summed E-state index contributed by atoms with van der Waals surface area (Å²) >= 11 is 0. The summed E-state index contributed by atoms with van der Waals surface area (Å²) in [5.74, 6) is -0.148. The summed E-state index contributed by atoms with van der Waals surface area (Å²) in [5.41, 5.74) is 5.87. The van der Waals surface area contributed by atoms with E-state index in [1.165, 1.54) is 0 Å². The van der Waals surface area contributed by atoms with Crippen LogP contribution in [0, 0.1) is 0 Å². The number of pyridine rings is 1. The van der Waals surface area contributed by atoms with Crippen LogP contribution in [0.15, 0.2) is 104 Å². The van der Waals surface area contributed by atoms with Crippen LogP contribution in [0.5, 0.6) is 0 Å². The molecule has 2 amide bonds. The van der Waals surface area contributed by atoms with Gasteiger partial charge in [0.2, 0.25) is 0 Å². The molecule has 11 nitrogen and oxygen atoms in total. The molecule has 11 heteroatoms. The first-order chi connectivity index (χ1) is 23.5.